The molecule has 5 rings (SSSR count). The first kappa shape index (κ1) is 20.4. The van der Waals surface area contributed by atoms with Gasteiger partial charge in [0.25, 0.3) is 11.8 Å². The Kier molecular flexibility index (Phi) is 5.42. The summed E-state index contributed by atoms with van der Waals surface area (Å²) in [5.41, 5.74) is 2.82. The van der Waals surface area contributed by atoms with Crippen LogP contribution in [0.2, 0.25) is 0 Å². The second-order valence-corrected chi connectivity index (χ2v) is 9.33. The Balaban J connectivity index is 1.27. The fourth-order valence-electron chi connectivity index (χ4n) is 5.68. The smallest absolute Gasteiger partial charge is 0.256 e. The maximum Gasteiger partial charge on any atom is 0.256 e. The molecule has 2 aromatic rings. The van der Waals surface area contributed by atoms with E-state index in [1.807, 2.05) is 24.8 Å². The van der Waals surface area contributed by atoms with Gasteiger partial charge in [-0.15, -0.1) is 0 Å². The second-order valence-electron chi connectivity index (χ2n) is 9.33. The van der Waals surface area contributed by atoms with Gasteiger partial charge in [0, 0.05) is 30.5 Å². The van der Waals surface area contributed by atoms with Gasteiger partial charge in [-0.3, -0.25) is 9.59 Å². The molecule has 1 unspecified atom stereocenters. The predicted molar refractivity (Wildman–Crippen MR) is 115 cm³/mol. The molecule has 0 aromatic carbocycles. The molecule has 0 bridgehead atoms. The molecular weight excluding hydrogens is 394 g/mol. The highest BCUT2D eigenvalue weighted by Gasteiger charge is 2.46. The van der Waals surface area contributed by atoms with Crippen molar-refractivity contribution in [2.75, 3.05) is 19.7 Å². The van der Waals surface area contributed by atoms with Crippen LogP contribution in [0, 0.1) is 25.7 Å². The largest absolute Gasteiger partial charge is 0.368 e. The van der Waals surface area contributed by atoms with Crippen molar-refractivity contribution < 1.29 is 14.3 Å². The number of aromatic nitrogens is 3. The minimum absolute atomic E-state index is 0.00697. The van der Waals surface area contributed by atoms with Crippen molar-refractivity contribution in [3.8, 4) is 0 Å². The standard InChI is InChI=1S/C23H31N5O3/c1-14-10-15(2)28-21(26-14)19(12-25-28)22(29)24-11-17-7-3-4-9-27(17)23(30)20-18-8-5-6-16(18)13-31-20/h10,12,16-18,20H,3-9,11,13H2,1-2H3,(H,24,29)/t16-,17?,18-,20+/m0/s1. The van der Waals surface area contributed by atoms with E-state index in [1.165, 1.54) is 12.8 Å². The van der Waals surface area contributed by atoms with Crippen LogP contribution in [0.3, 0.4) is 0 Å². The summed E-state index contributed by atoms with van der Waals surface area (Å²) in [6, 6.07) is 1.94. The molecular formula is C23H31N5O3. The lowest BCUT2D eigenvalue weighted by atomic mass is 9.92. The van der Waals surface area contributed by atoms with Crippen molar-refractivity contribution in [3.63, 3.8) is 0 Å². The third-order valence-electron chi connectivity index (χ3n) is 7.27. The average molecular weight is 426 g/mol. The summed E-state index contributed by atoms with van der Waals surface area (Å²) in [5.74, 6) is 0.851. The zero-order chi connectivity index (χ0) is 21.5. The van der Waals surface area contributed by atoms with Gasteiger partial charge in [0.1, 0.15) is 11.7 Å². The van der Waals surface area contributed by atoms with Crippen molar-refractivity contribution in [1.29, 1.82) is 0 Å². The molecule has 3 fully saturated rings. The van der Waals surface area contributed by atoms with E-state index in [2.05, 4.69) is 15.4 Å². The average Bonchev–Trinajstić information content (AvgIpc) is 3.47. The molecule has 4 atom stereocenters. The van der Waals surface area contributed by atoms with E-state index in [0.29, 0.717) is 29.6 Å². The number of nitrogens with one attached hydrogen (secondary N) is 1. The Bertz CT molecular complexity index is 1000. The molecule has 4 heterocycles. The highest BCUT2D eigenvalue weighted by atomic mass is 16.5. The van der Waals surface area contributed by atoms with Gasteiger partial charge in [-0.2, -0.15) is 5.10 Å². The Morgan fingerprint density at radius 1 is 1.19 bits per heavy atom. The lowest BCUT2D eigenvalue weighted by molar-refractivity contribution is -0.146. The molecule has 2 amide bonds. The summed E-state index contributed by atoms with van der Waals surface area (Å²) < 4.78 is 7.63. The Hall–Kier alpha value is -2.48. The number of hydrogen-bond acceptors (Lipinski definition) is 5. The van der Waals surface area contributed by atoms with Gasteiger partial charge in [-0.25, -0.2) is 9.50 Å². The summed E-state index contributed by atoms with van der Waals surface area (Å²) in [6.07, 6.45) is 7.73. The number of piperidine rings is 1. The molecule has 1 aliphatic carbocycles. The Morgan fingerprint density at radius 2 is 2.06 bits per heavy atom. The van der Waals surface area contributed by atoms with Gasteiger partial charge in [0.2, 0.25) is 0 Å². The molecule has 166 valence electrons. The van der Waals surface area contributed by atoms with E-state index in [-0.39, 0.29) is 24.0 Å². The number of carbonyl (C=O) groups is 2. The molecule has 1 saturated carbocycles. The SMILES string of the molecule is Cc1cc(C)n2ncc(C(=O)NCC3CCCCN3C(=O)[C@@H]3OC[C@@H]4CCC[C@@H]43)c2n1. The van der Waals surface area contributed by atoms with E-state index in [9.17, 15) is 9.59 Å². The minimum Gasteiger partial charge on any atom is -0.368 e. The molecule has 2 aliphatic heterocycles. The molecule has 31 heavy (non-hydrogen) atoms. The topological polar surface area (TPSA) is 88.8 Å². The maximum absolute atomic E-state index is 13.3. The summed E-state index contributed by atoms with van der Waals surface area (Å²) in [4.78, 5) is 32.7. The zero-order valence-electron chi connectivity index (χ0n) is 18.3. The van der Waals surface area contributed by atoms with Crippen molar-refractivity contribution in [2.24, 2.45) is 11.8 Å². The van der Waals surface area contributed by atoms with E-state index >= 15 is 0 Å². The monoisotopic (exact) mass is 425 g/mol. The number of nitrogens with zero attached hydrogens (tertiary/aromatic N) is 4. The molecule has 1 N–H and O–H groups in total. The lowest BCUT2D eigenvalue weighted by Gasteiger charge is -2.38. The van der Waals surface area contributed by atoms with Gasteiger partial charge in [-0.05, 0) is 63.9 Å². The molecule has 8 nitrogen and oxygen atoms in total. The quantitative estimate of drug-likeness (QED) is 0.812. The van der Waals surface area contributed by atoms with E-state index in [0.717, 1.165) is 50.2 Å². The van der Waals surface area contributed by atoms with Crippen molar-refractivity contribution in [1.82, 2.24) is 24.8 Å². The normalized spacial score (nSPS) is 28.1. The summed E-state index contributed by atoms with van der Waals surface area (Å²) >= 11 is 0. The fraction of sp³-hybridized carbons (Fsp3) is 0.652. The van der Waals surface area contributed by atoms with Crippen molar-refractivity contribution in [3.05, 3.63) is 29.2 Å². The second kappa shape index (κ2) is 8.22. The van der Waals surface area contributed by atoms with E-state index < -0.39 is 0 Å². The van der Waals surface area contributed by atoms with Gasteiger partial charge in [0.05, 0.1) is 12.8 Å². The van der Waals surface area contributed by atoms with E-state index in [1.54, 1.807) is 10.7 Å². The van der Waals surface area contributed by atoms with Crippen LogP contribution in [0.15, 0.2) is 12.3 Å². The van der Waals surface area contributed by atoms with Crippen LogP contribution >= 0.6 is 0 Å². The number of carbonyl (C=O) groups excluding carboxylic acids is 2. The number of hydrogen-bond donors (Lipinski definition) is 1. The third kappa shape index (κ3) is 3.71. The highest BCUT2D eigenvalue weighted by Crippen LogP contribution is 2.41. The Labute approximate surface area is 182 Å². The number of rotatable bonds is 4. The van der Waals surface area contributed by atoms with Crippen LogP contribution in [0.4, 0.5) is 0 Å². The van der Waals surface area contributed by atoms with Gasteiger partial charge < -0.3 is 15.0 Å². The van der Waals surface area contributed by atoms with E-state index in [4.69, 9.17) is 4.74 Å². The Morgan fingerprint density at radius 3 is 2.94 bits per heavy atom. The number of ether oxygens (including phenoxy) is 1. The van der Waals surface area contributed by atoms with Crippen LogP contribution < -0.4 is 5.32 Å². The van der Waals surface area contributed by atoms with Crippen LogP contribution in [0.5, 0.6) is 0 Å². The first-order valence-electron chi connectivity index (χ1n) is 11.5. The fourth-order valence-corrected chi connectivity index (χ4v) is 5.68. The highest BCUT2D eigenvalue weighted by molar-refractivity contribution is 5.99. The van der Waals surface area contributed by atoms with Crippen LogP contribution in [-0.4, -0.2) is 63.2 Å². The number of fused-ring (bicyclic) bond motifs is 2. The number of likely N-dealkylation sites (tertiary alicyclic amines) is 1. The lowest BCUT2D eigenvalue weighted by Crippen LogP contribution is -2.53. The van der Waals surface area contributed by atoms with Gasteiger partial charge >= 0.3 is 0 Å². The van der Waals surface area contributed by atoms with Gasteiger partial charge in [0.15, 0.2) is 5.65 Å². The van der Waals surface area contributed by atoms with Crippen LogP contribution in [-0.2, 0) is 9.53 Å². The number of aryl methyl sites for hydroxylation is 2. The molecule has 0 radical (unpaired) electrons. The van der Waals surface area contributed by atoms with Gasteiger partial charge in [-0.1, -0.05) is 6.42 Å². The first-order valence-corrected chi connectivity index (χ1v) is 11.5. The van der Waals surface area contributed by atoms with Crippen molar-refractivity contribution >= 4 is 17.5 Å². The summed E-state index contributed by atoms with van der Waals surface area (Å²) in [7, 11) is 0. The zero-order valence-corrected chi connectivity index (χ0v) is 18.3. The summed E-state index contributed by atoms with van der Waals surface area (Å²) in [6.45, 7) is 5.76. The van der Waals surface area contributed by atoms with Crippen molar-refractivity contribution in [2.45, 2.75) is 64.5 Å². The molecule has 3 aliphatic rings. The third-order valence-corrected chi connectivity index (χ3v) is 7.27. The minimum atomic E-state index is -0.293. The predicted octanol–water partition coefficient (Wildman–Crippen LogP) is 2.27. The number of amides is 2. The summed E-state index contributed by atoms with van der Waals surface area (Å²) in [5, 5.41) is 7.35. The maximum atomic E-state index is 13.3. The molecule has 2 aromatic heterocycles. The first-order chi connectivity index (χ1) is 15.0. The van der Waals surface area contributed by atoms with Crippen LogP contribution in [0.1, 0.15) is 60.3 Å². The van der Waals surface area contributed by atoms with Crippen LogP contribution in [0.25, 0.3) is 5.65 Å². The molecule has 2 saturated heterocycles. The molecule has 0 spiro atoms. The molecule has 8 heteroatoms.